The lowest BCUT2D eigenvalue weighted by atomic mass is 10.4. The molecule has 0 saturated heterocycles. The minimum absolute atomic E-state index is 0.476. The Morgan fingerprint density at radius 1 is 1.50 bits per heavy atom. The first-order valence-corrected chi connectivity index (χ1v) is 4.87. The number of hydrogen-bond acceptors (Lipinski definition) is 3. The van der Waals surface area contributed by atoms with Crippen LogP contribution in [0.2, 0.25) is 0 Å². The smallest absolute Gasteiger partial charge is 0.312 e. The van der Waals surface area contributed by atoms with E-state index in [1.807, 2.05) is 18.2 Å². The molecule has 0 aliphatic heterocycles. The quantitative estimate of drug-likeness (QED) is 0.555. The number of nitrogens with two attached hydrogens (primary N) is 1. The van der Waals surface area contributed by atoms with Crippen molar-refractivity contribution in [1.82, 2.24) is 10.3 Å². The Morgan fingerprint density at radius 3 is 2.93 bits per heavy atom. The van der Waals surface area contributed by atoms with Crippen molar-refractivity contribution >= 4 is 27.8 Å². The van der Waals surface area contributed by atoms with Crippen LogP contribution >= 0.6 is 15.9 Å². The predicted octanol–water partition coefficient (Wildman–Crippen LogP) is 0.924. The van der Waals surface area contributed by atoms with Crippen LogP contribution in [0.3, 0.4) is 0 Å². The number of rotatable bonds is 4. The number of carbonyl (C=O) groups is 1. The van der Waals surface area contributed by atoms with Crippen molar-refractivity contribution in [3.63, 3.8) is 0 Å². The first-order chi connectivity index (χ1) is 6.68. The molecule has 0 aliphatic carbocycles. The second-order valence-corrected chi connectivity index (χ2v) is 3.38. The number of primary amides is 1. The number of nitrogens with one attached hydrogen (secondary N) is 2. The van der Waals surface area contributed by atoms with Gasteiger partial charge < -0.3 is 16.4 Å². The lowest BCUT2D eigenvalue weighted by Crippen LogP contribution is -2.33. The molecule has 1 rings (SSSR count). The van der Waals surface area contributed by atoms with E-state index in [0.29, 0.717) is 13.1 Å². The van der Waals surface area contributed by atoms with Crippen LogP contribution in [0, 0.1) is 0 Å². The molecule has 0 aromatic carbocycles. The van der Waals surface area contributed by atoms with Gasteiger partial charge in [0, 0.05) is 13.1 Å². The Morgan fingerprint density at radius 2 is 2.29 bits per heavy atom. The number of aromatic nitrogens is 1. The molecule has 5 nitrogen and oxygen atoms in total. The fourth-order valence-electron chi connectivity index (χ4n) is 0.883. The highest BCUT2D eigenvalue weighted by atomic mass is 79.9. The molecule has 14 heavy (non-hydrogen) atoms. The van der Waals surface area contributed by atoms with Crippen molar-refractivity contribution in [3.8, 4) is 0 Å². The summed E-state index contributed by atoms with van der Waals surface area (Å²) in [5.74, 6) is 0.755. The van der Waals surface area contributed by atoms with Crippen molar-refractivity contribution in [2.45, 2.75) is 0 Å². The van der Waals surface area contributed by atoms with Crippen molar-refractivity contribution < 1.29 is 4.79 Å². The van der Waals surface area contributed by atoms with Crippen LogP contribution in [0.15, 0.2) is 22.8 Å². The summed E-state index contributed by atoms with van der Waals surface area (Å²) < 4.78 is 0.769. The van der Waals surface area contributed by atoms with E-state index < -0.39 is 6.03 Å². The summed E-state index contributed by atoms with van der Waals surface area (Å²) in [6, 6.07) is 5.04. The first kappa shape index (κ1) is 10.8. The van der Waals surface area contributed by atoms with Crippen molar-refractivity contribution in [2.75, 3.05) is 18.4 Å². The SMILES string of the molecule is NC(=O)NCCNc1cccc(Br)n1. The van der Waals surface area contributed by atoms with E-state index in [1.54, 1.807) is 0 Å². The lowest BCUT2D eigenvalue weighted by molar-refractivity contribution is 0.249. The number of anilines is 1. The van der Waals surface area contributed by atoms with Gasteiger partial charge in [-0.25, -0.2) is 9.78 Å². The highest BCUT2D eigenvalue weighted by molar-refractivity contribution is 9.10. The molecule has 4 N–H and O–H groups in total. The van der Waals surface area contributed by atoms with Crippen LogP contribution in [0.4, 0.5) is 10.6 Å². The van der Waals surface area contributed by atoms with Gasteiger partial charge in [0.1, 0.15) is 10.4 Å². The van der Waals surface area contributed by atoms with E-state index >= 15 is 0 Å². The molecular formula is C8H11BrN4O. The Kier molecular flexibility index (Phi) is 4.18. The van der Waals surface area contributed by atoms with E-state index in [-0.39, 0.29) is 0 Å². The molecule has 0 bridgehead atoms. The summed E-state index contributed by atoms with van der Waals surface area (Å²) in [6.45, 7) is 1.07. The van der Waals surface area contributed by atoms with Gasteiger partial charge in [-0.05, 0) is 28.1 Å². The number of amides is 2. The van der Waals surface area contributed by atoms with E-state index in [9.17, 15) is 4.79 Å². The lowest BCUT2D eigenvalue weighted by Gasteiger charge is -2.05. The van der Waals surface area contributed by atoms with Crippen LogP contribution < -0.4 is 16.4 Å². The predicted molar refractivity (Wildman–Crippen MR) is 58.0 cm³/mol. The minimum atomic E-state index is -0.519. The Balaban J connectivity index is 2.28. The van der Waals surface area contributed by atoms with Crippen LogP contribution in [0.1, 0.15) is 0 Å². The molecule has 0 spiro atoms. The number of halogens is 1. The van der Waals surface area contributed by atoms with E-state index in [2.05, 4.69) is 31.5 Å². The Bertz CT molecular complexity index is 318. The van der Waals surface area contributed by atoms with Crippen LogP contribution in [0.5, 0.6) is 0 Å². The molecule has 0 atom stereocenters. The summed E-state index contributed by atoms with van der Waals surface area (Å²) in [5, 5.41) is 5.50. The van der Waals surface area contributed by atoms with Crippen molar-refractivity contribution in [2.24, 2.45) is 5.73 Å². The average Bonchev–Trinajstić information content (AvgIpc) is 2.12. The van der Waals surface area contributed by atoms with Gasteiger partial charge in [0.25, 0.3) is 0 Å². The molecule has 0 fully saturated rings. The van der Waals surface area contributed by atoms with E-state index in [4.69, 9.17) is 5.73 Å². The molecular weight excluding hydrogens is 248 g/mol. The fourth-order valence-corrected chi connectivity index (χ4v) is 1.23. The van der Waals surface area contributed by atoms with Crippen LogP contribution in [-0.4, -0.2) is 24.1 Å². The largest absolute Gasteiger partial charge is 0.368 e. The van der Waals surface area contributed by atoms with Crippen molar-refractivity contribution in [3.05, 3.63) is 22.8 Å². The zero-order valence-electron chi connectivity index (χ0n) is 7.46. The molecule has 6 heteroatoms. The number of nitrogens with zero attached hydrogens (tertiary/aromatic N) is 1. The van der Waals surface area contributed by atoms with E-state index in [0.717, 1.165) is 10.4 Å². The average molecular weight is 259 g/mol. The molecule has 0 saturated carbocycles. The molecule has 1 aromatic heterocycles. The van der Waals surface area contributed by atoms with Gasteiger partial charge in [-0.3, -0.25) is 0 Å². The summed E-state index contributed by atoms with van der Waals surface area (Å²) >= 11 is 3.25. The fraction of sp³-hybridized carbons (Fsp3) is 0.250. The summed E-state index contributed by atoms with van der Waals surface area (Å²) in [6.07, 6.45) is 0. The van der Waals surface area contributed by atoms with Gasteiger partial charge in [0.2, 0.25) is 0 Å². The molecule has 1 aromatic rings. The standard InChI is InChI=1S/C8H11BrN4O/c9-6-2-1-3-7(13-6)11-4-5-12-8(10)14/h1-3H,4-5H2,(H,11,13)(H3,10,12,14). The number of pyridine rings is 1. The summed E-state index contributed by atoms with van der Waals surface area (Å²) in [7, 11) is 0. The highest BCUT2D eigenvalue weighted by Crippen LogP contribution is 2.09. The number of urea groups is 1. The van der Waals surface area contributed by atoms with Crippen molar-refractivity contribution in [1.29, 1.82) is 0 Å². The molecule has 0 radical (unpaired) electrons. The van der Waals surface area contributed by atoms with Gasteiger partial charge in [0.15, 0.2) is 0 Å². The topological polar surface area (TPSA) is 80.0 Å². The monoisotopic (exact) mass is 258 g/mol. The van der Waals surface area contributed by atoms with Gasteiger partial charge in [-0.1, -0.05) is 6.07 Å². The van der Waals surface area contributed by atoms with Gasteiger partial charge in [0.05, 0.1) is 0 Å². The summed E-state index contributed by atoms with van der Waals surface area (Å²) in [5.41, 5.74) is 4.90. The first-order valence-electron chi connectivity index (χ1n) is 4.08. The molecule has 0 aliphatic rings. The van der Waals surface area contributed by atoms with Gasteiger partial charge >= 0.3 is 6.03 Å². The van der Waals surface area contributed by atoms with Crippen LogP contribution in [-0.2, 0) is 0 Å². The maximum Gasteiger partial charge on any atom is 0.312 e. The zero-order chi connectivity index (χ0) is 10.4. The van der Waals surface area contributed by atoms with E-state index in [1.165, 1.54) is 0 Å². The number of hydrogen-bond donors (Lipinski definition) is 3. The Labute approximate surface area is 90.2 Å². The van der Waals surface area contributed by atoms with Gasteiger partial charge in [-0.2, -0.15) is 0 Å². The van der Waals surface area contributed by atoms with Gasteiger partial charge in [-0.15, -0.1) is 0 Å². The summed E-state index contributed by atoms with van der Waals surface area (Å²) in [4.78, 5) is 14.5. The third-order valence-corrected chi connectivity index (χ3v) is 1.89. The molecule has 1 heterocycles. The van der Waals surface area contributed by atoms with Crippen LogP contribution in [0.25, 0.3) is 0 Å². The second-order valence-electron chi connectivity index (χ2n) is 2.56. The maximum absolute atomic E-state index is 10.3. The Hall–Kier alpha value is -1.30. The molecule has 0 unspecified atom stereocenters. The number of carbonyl (C=O) groups excluding carboxylic acids is 1. The molecule has 2 amide bonds. The minimum Gasteiger partial charge on any atom is -0.368 e. The second kappa shape index (κ2) is 5.43. The third-order valence-electron chi connectivity index (χ3n) is 1.45. The molecule has 76 valence electrons. The highest BCUT2D eigenvalue weighted by Gasteiger charge is 1.94. The third kappa shape index (κ3) is 4.08. The zero-order valence-corrected chi connectivity index (χ0v) is 9.04. The maximum atomic E-state index is 10.3. The normalized spacial score (nSPS) is 9.50.